The van der Waals surface area contributed by atoms with Crippen LogP contribution in [-0.4, -0.2) is 37.9 Å². The van der Waals surface area contributed by atoms with Gasteiger partial charge in [-0.05, 0) is 19.1 Å². The van der Waals surface area contributed by atoms with Gasteiger partial charge in [-0.2, -0.15) is 0 Å². The predicted molar refractivity (Wildman–Crippen MR) is 75.2 cm³/mol. The minimum Gasteiger partial charge on any atom is -0.483 e. The van der Waals surface area contributed by atoms with E-state index in [1.165, 1.54) is 0 Å². The molecule has 0 heterocycles. The van der Waals surface area contributed by atoms with Crippen molar-refractivity contribution in [2.45, 2.75) is 13.0 Å². The molecule has 1 unspecified atom stereocenters. The first-order valence-corrected chi connectivity index (χ1v) is 6.70. The minimum atomic E-state index is -0.653. The fourth-order valence-electron chi connectivity index (χ4n) is 1.47. The lowest BCUT2D eigenvalue weighted by Gasteiger charge is -2.13. The number of carbonyl (C=O) groups is 1. The van der Waals surface area contributed by atoms with Gasteiger partial charge < -0.3 is 19.9 Å². The molecule has 1 aromatic carbocycles. The number of benzene rings is 1. The third kappa shape index (κ3) is 5.59. The topological polar surface area (TPSA) is 67.8 Å². The van der Waals surface area contributed by atoms with Crippen molar-refractivity contribution in [1.82, 2.24) is 5.32 Å². The maximum atomic E-state index is 11.5. The first kappa shape index (κ1) is 15.9. The third-order valence-electron chi connectivity index (χ3n) is 2.41. The van der Waals surface area contributed by atoms with Crippen molar-refractivity contribution in [2.75, 3.05) is 26.9 Å². The number of hydrogen-bond donors (Lipinski definition) is 2. The number of hydrogen-bond acceptors (Lipinski definition) is 4. The highest BCUT2D eigenvalue weighted by Gasteiger charge is 2.11. The second kappa shape index (κ2) is 8.14. The van der Waals surface area contributed by atoms with E-state index in [2.05, 4.69) is 21.2 Å². The van der Waals surface area contributed by atoms with Crippen LogP contribution >= 0.6 is 15.9 Å². The summed E-state index contributed by atoms with van der Waals surface area (Å²) >= 11 is 3.33. The smallest absolute Gasteiger partial charge is 0.258 e. The van der Waals surface area contributed by atoms with Crippen LogP contribution in [0.15, 0.2) is 22.7 Å². The molecule has 1 atom stereocenters. The number of nitrogens with one attached hydrogen (secondary N) is 1. The summed E-state index contributed by atoms with van der Waals surface area (Å²) in [7, 11) is 1.57. The average Bonchev–Trinajstić information content (AvgIpc) is 2.36. The molecule has 1 amide bonds. The zero-order valence-corrected chi connectivity index (χ0v) is 12.6. The second-order valence-corrected chi connectivity index (χ2v) is 4.91. The number of halogens is 1. The van der Waals surface area contributed by atoms with E-state index in [1.807, 2.05) is 6.07 Å². The van der Waals surface area contributed by atoms with E-state index in [0.29, 0.717) is 24.5 Å². The molecule has 0 spiro atoms. The van der Waals surface area contributed by atoms with Gasteiger partial charge in [-0.25, -0.2) is 0 Å². The van der Waals surface area contributed by atoms with E-state index in [9.17, 15) is 9.90 Å². The summed E-state index contributed by atoms with van der Waals surface area (Å²) in [6.07, 6.45) is -0.653. The molecular formula is C13H18BrNO4. The third-order valence-corrected chi connectivity index (χ3v) is 2.91. The Labute approximate surface area is 121 Å². The van der Waals surface area contributed by atoms with Crippen LogP contribution in [0.4, 0.5) is 0 Å². The molecule has 1 aromatic rings. The van der Waals surface area contributed by atoms with Gasteiger partial charge in [0, 0.05) is 23.7 Å². The zero-order chi connectivity index (χ0) is 14.3. The number of aliphatic hydroxyl groups excluding tert-OH is 1. The molecular weight excluding hydrogens is 314 g/mol. The fraction of sp³-hybridized carbons (Fsp3) is 0.462. The summed E-state index contributed by atoms with van der Waals surface area (Å²) < 4.78 is 11.1. The number of methoxy groups -OCH3 is 1. The molecule has 0 radical (unpaired) electrons. The maximum absolute atomic E-state index is 11.5. The van der Waals surface area contributed by atoms with Gasteiger partial charge in [-0.3, -0.25) is 4.79 Å². The van der Waals surface area contributed by atoms with E-state index in [1.54, 1.807) is 26.2 Å². The van der Waals surface area contributed by atoms with Crippen LogP contribution in [0, 0.1) is 0 Å². The molecule has 0 fully saturated rings. The first-order chi connectivity index (χ1) is 9.04. The van der Waals surface area contributed by atoms with E-state index in [-0.39, 0.29) is 12.5 Å². The summed E-state index contributed by atoms with van der Waals surface area (Å²) in [5, 5.41) is 12.3. The molecule has 106 valence electrons. The van der Waals surface area contributed by atoms with Gasteiger partial charge >= 0.3 is 0 Å². The monoisotopic (exact) mass is 331 g/mol. The highest BCUT2D eigenvalue weighted by molar-refractivity contribution is 9.10. The van der Waals surface area contributed by atoms with Crippen molar-refractivity contribution in [1.29, 1.82) is 0 Å². The molecule has 6 heteroatoms. The van der Waals surface area contributed by atoms with Crippen molar-refractivity contribution >= 4 is 21.8 Å². The fourth-order valence-corrected chi connectivity index (χ4v) is 1.81. The van der Waals surface area contributed by atoms with Gasteiger partial charge in [-0.1, -0.05) is 22.0 Å². The zero-order valence-electron chi connectivity index (χ0n) is 11.0. The average molecular weight is 332 g/mol. The Hall–Kier alpha value is -1.11. The van der Waals surface area contributed by atoms with Crippen LogP contribution in [0.1, 0.15) is 18.6 Å². The lowest BCUT2D eigenvalue weighted by atomic mass is 10.1. The van der Waals surface area contributed by atoms with Crippen LogP contribution in [0.2, 0.25) is 0 Å². The van der Waals surface area contributed by atoms with Gasteiger partial charge in [0.1, 0.15) is 5.75 Å². The van der Waals surface area contributed by atoms with Gasteiger partial charge in [0.05, 0.1) is 12.7 Å². The van der Waals surface area contributed by atoms with E-state index >= 15 is 0 Å². The second-order valence-electron chi connectivity index (χ2n) is 3.99. The molecule has 0 aromatic heterocycles. The van der Waals surface area contributed by atoms with Crippen LogP contribution in [0.5, 0.6) is 5.75 Å². The van der Waals surface area contributed by atoms with E-state index in [4.69, 9.17) is 9.47 Å². The first-order valence-electron chi connectivity index (χ1n) is 5.90. The van der Waals surface area contributed by atoms with Crippen molar-refractivity contribution in [3.63, 3.8) is 0 Å². The van der Waals surface area contributed by atoms with Crippen LogP contribution in [0.3, 0.4) is 0 Å². The van der Waals surface area contributed by atoms with Crippen LogP contribution < -0.4 is 10.1 Å². The van der Waals surface area contributed by atoms with Gasteiger partial charge in [0.2, 0.25) is 0 Å². The summed E-state index contributed by atoms with van der Waals surface area (Å²) in [5.74, 6) is 0.264. The number of rotatable bonds is 7. The van der Waals surface area contributed by atoms with E-state index < -0.39 is 6.10 Å². The molecule has 0 saturated heterocycles. The molecule has 5 nitrogen and oxygen atoms in total. The molecule has 2 N–H and O–H groups in total. The maximum Gasteiger partial charge on any atom is 0.258 e. The summed E-state index contributed by atoms with van der Waals surface area (Å²) in [6, 6.07) is 5.30. The normalized spacial score (nSPS) is 12.0. The highest BCUT2D eigenvalue weighted by atomic mass is 79.9. The van der Waals surface area contributed by atoms with Crippen molar-refractivity contribution in [3.05, 3.63) is 28.2 Å². The number of amides is 1. The van der Waals surface area contributed by atoms with Crippen LogP contribution in [0.25, 0.3) is 0 Å². The summed E-state index contributed by atoms with van der Waals surface area (Å²) in [4.78, 5) is 11.5. The van der Waals surface area contributed by atoms with Gasteiger partial charge in [0.15, 0.2) is 6.61 Å². The number of carbonyl (C=O) groups excluding carboxylic acids is 1. The molecule has 19 heavy (non-hydrogen) atoms. The molecule has 0 bridgehead atoms. The Morgan fingerprint density at radius 1 is 1.53 bits per heavy atom. The lowest BCUT2D eigenvalue weighted by molar-refractivity contribution is -0.123. The summed E-state index contributed by atoms with van der Waals surface area (Å²) in [6.45, 7) is 2.45. The largest absolute Gasteiger partial charge is 0.483 e. The summed E-state index contributed by atoms with van der Waals surface area (Å²) in [5.41, 5.74) is 0.646. The standard InChI is InChI=1S/C13H18BrNO4/c1-9(16)11-4-3-10(14)7-12(11)19-8-13(17)15-5-6-18-2/h3-4,7,9,16H,5-6,8H2,1-2H3,(H,15,17). The molecule has 1 rings (SSSR count). The number of aliphatic hydroxyl groups is 1. The lowest BCUT2D eigenvalue weighted by Crippen LogP contribution is -2.31. The van der Waals surface area contributed by atoms with Crippen LogP contribution in [-0.2, 0) is 9.53 Å². The Kier molecular flexibility index (Phi) is 6.83. The molecule has 0 aliphatic carbocycles. The molecule has 0 aliphatic heterocycles. The van der Waals surface area contributed by atoms with Gasteiger partial charge in [-0.15, -0.1) is 0 Å². The van der Waals surface area contributed by atoms with Crippen molar-refractivity contribution < 1.29 is 19.4 Å². The Morgan fingerprint density at radius 3 is 2.89 bits per heavy atom. The highest BCUT2D eigenvalue weighted by Crippen LogP contribution is 2.28. The SMILES string of the molecule is COCCNC(=O)COc1cc(Br)ccc1C(C)O. The Bertz CT molecular complexity index is 423. The Morgan fingerprint density at radius 2 is 2.26 bits per heavy atom. The Balaban J connectivity index is 2.56. The van der Waals surface area contributed by atoms with Crippen molar-refractivity contribution in [2.24, 2.45) is 0 Å². The number of ether oxygens (including phenoxy) is 2. The molecule has 0 saturated carbocycles. The quantitative estimate of drug-likeness (QED) is 0.745. The predicted octanol–water partition coefficient (Wildman–Crippen LogP) is 1.64. The van der Waals surface area contributed by atoms with Gasteiger partial charge in [0.25, 0.3) is 5.91 Å². The minimum absolute atomic E-state index is 0.0973. The van der Waals surface area contributed by atoms with Crippen molar-refractivity contribution in [3.8, 4) is 5.75 Å². The van der Waals surface area contributed by atoms with E-state index in [0.717, 1.165) is 4.47 Å². The molecule has 0 aliphatic rings.